The second-order valence-electron chi connectivity index (χ2n) is 8.74. The van der Waals surface area contributed by atoms with Gasteiger partial charge in [-0.25, -0.2) is 13.9 Å². The first kappa shape index (κ1) is 23.8. The molecule has 9 heteroatoms. The third-order valence-electron chi connectivity index (χ3n) is 6.48. The van der Waals surface area contributed by atoms with Crippen molar-refractivity contribution in [3.63, 3.8) is 0 Å². The molecule has 2 aromatic carbocycles. The molecule has 1 aliphatic carbocycles. The first-order chi connectivity index (χ1) is 16.9. The quantitative estimate of drug-likeness (QED) is 0.352. The Morgan fingerprint density at radius 1 is 1.17 bits per heavy atom. The monoisotopic (exact) mass is 509 g/mol. The molecule has 180 valence electrons. The molecule has 6 nitrogen and oxygen atoms in total. The first-order valence-corrected chi connectivity index (χ1v) is 12.9. The molecule has 0 radical (unpaired) electrons. The fourth-order valence-electron chi connectivity index (χ4n) is 4.65. The second-order valence-corrected chi connectivity index (χ2v) is 10.1. The second kappa shape index (κ2) is 9.95. The summed E-state index contributed by atoms with van der Waals surface area (Å²) < 4.78 is 16.0. The number of hydrogen-bond donors (Lipinski definition) is 1. The molecule has 5 rings (SSSR count). The molecular formula is C26H25ClFN5OS. The summed E-state index contributed by atoms with van der Waals surface area (Å²) >= 11 is 7.52. The zero-order valence-electron chi connectivity index (χ0n) is 19.5. The number of amides is 1. The van der Waals surface area contributed by atoms with E-state index in [1.807, 2.05) is 26.0 Å². The van der Waals surface area contributed by atoms with E-state index in [1.54, 1.807) is 16.6 Å². The van der Waals surface area contributed by atoms with Crippen LogP contribution in [-0.2, 0) is 17.6 Å². The van der Waals surface area contributed by atoms with Crippen LogP contribution in [-0.4, -0.2) is 31.2 Å². The smallest absolute Gasteiger partial charge is 0.253 e. The predicted molar refractivity (Wildman–Crippen MR) is 135 cm³/mol. The van der Waals surface area contributed by atoms with E-state index in [9.17, 15) is 9.18 Å². The van der Waals surface area contributed by atoms with Crippen LogP contribution in [0.5, 0.6) is 0 Å². The molecule has 0 aliphatic heterocycles. The standard InChI is InChI=1S/C26H25ClFN5OS/c1-15-19(13-20-21(27)10-6-11-22(20)28)16(2)33-25(29-15)31-26(32-33)35-14-24(34)30-23-12-5-8-17-7-3-4-9-18(17)23/h3-4,6-7,9-11,23H,5,8,12-14H2,1-2H3,(H,30,34). The molecule has 4 aromatic rings. The van der Waals surface area contributed by atoms with Gasteiger partial charge in [0.05, 0.1) is 11.8 Å². The number of fused-ring (bicyclic) bond motifs is 2. The Bertz CT molecular complexity index is 1400. The lowest BCUT2D eigenvalue weighted by atomic mass is 9.88. The highest BCUT2D eigenvalue weighted by atomic mass is 35.5. The Labute approximate surface area is 212 Å². The van der Waals surface area contributed by atoms with Gasteiger partial charge in [0.15, 0.2) is 0 Å². The molecule has 1 amide bonds. The highest BCUT2D eigenvalue weighted by Gasteiger charge is 2.22. The Morgan fingerprint density at radius 2 is 2.00 bits per heavy atom. The number of hydrogen-bond acceptors (Lipinski definition) is 5. The average molecular weight is 510 g/mol. The first-order valence-electron chi connectivity index (χ1n) is 11.6. The van der Waals surface area contributed by atoms with Crippen LogP contribution in [0.25, 0.3) is 5.78 Å². The van der Waals surface area contributed by atoms with E-state index in [0.717, 1.165) is 36.2 Å². The van der Waals surface area contributed by atoms with Gasteiger partial charge in [-0.2, -0.15) is 4.98 Å². The van der Waals surface area contributed by atoms with E-state index in [2.05, 4.69) is 32.5 Å². The average Bonchev–Trinajstić information content (AvgIpc) is 3.25. The number of aryl methyl sites for hydroxylation is 3. The molecule has 0 saturated carbocycles. The lowest BCUT2D eigenvalue weighted by Gasteiger charge is -2.26. The van der Waals surface area contributed by atoms with E-state index < -0.39 is 0 Å². The van der Waals surface area contributed by atoms with Crippen molar-refractivity contribution >= 4 is 35.0 Å². The molecule has 0 fully saturated rings. The normalized spacial score (nSPS) is 15.3. The molecule has 2 aromatic heterocycles. The summed E-state index contributed by atoms with van der Waals surface area (Å²) in [7, 11) is 0. The molecule has 2 heterocycles. The van der Waals surface area contributed by atoms with E-state index in [4.69, 9.17) is 11.6 Å². The third kappa shape index (κ3) is 4.90. The maximum Gasteiger partial charge on any atom is 0.253 e. The summed E-state index contributed by atoms with van der Waals surface area (Å²) in [6, 6.07) is 13.0. The Morgan fingerprint density at radius 3 is 2.83 bits per heavy atom. The molecule has 1 aliphatic rings. The highest BCUT2D eigenvalue weighted by molar-refractivity contribution is 7.99. The van der Waals surface area contributed by atoms with Crippen LogP contribution in [0.15, 0.2) is 47.6 Å². The van der Waals surface area contributed by atoms with Crippen LogP contribution < -0.4 is 5.32 Å². The van der Waals surface area contributed by atoms with Crippen molar-refractivity contribution in [1.29, 1.82) is 0 Å². The van der Waals surface area contributed by atoms with Crippen LogP contribution in [0.2, 0.25) is 5.02 Å². The van der Waals surface area contributed by atoms with Gasteiger partial charge in [-0.15, -0.1) is 5.10 Å². The molecular weight excluding hydrogens is 485 g/mol. The topological polar surface area (TPSA) is 72.2 Å². The third-order valence-corrected chi connectivity index (χ3v) is 7.67. The summed E-state index contributed by atoms with van der Waals surface area (Å²) in [5.74, 6) is 0.266. The van der Waals surface area contributed by atoms with Gasteiger partial charge in [-0.1, -0.05) is 53.7 Å². The minimum atomic E-state index is -0.349. The highest BCUT2D eigenvalue weighted by Crippen LogP contribution is 2.30. The number of aromatic nitrogens is 4. The van der Waals surface area contributed by atoms with Gasteiger partial charge in [0, 0.05) is 28.4 Å². The summed E-state index contributed by atoms with van der Waals surface area (Å²) in [4.78, 5) is 21.8. The zero-order chi connectivity index (χ0) is 24.5. The van der Waals surface area contributed by atoms with Crippen molar-refractivity contribution in [3.05, 3.63) is 86.9 Å². The number of halogens is 2. The Hall–Kier alpha value is -2.97. The van der Waals surface area contributed by atoms with Crippen LogP contribution in [0.4, 0.5) is 4.39 Å². The van der Waals surface area contributed by atoms with E-state index in [1.165, 1.54) is 29.0 Å². The summed E-state index contributed by atoms with van der Waals surface area (Å²) in [6.07, 6.45) is 3.37. The van der Waals surface area contributed by atoms with Crippen molar-refractivity contribution in [1.82, 2.24) is 24.9 Å². The van der Waals surface area contributed by atoms with Crippen molar-refractivity contribution in [2.75, 3.05) is 5.75 Å². The lowest BCUT2D eigenvalue weighted by Crippen LogP contribution is -2.32. The van der Waals surface area contributed by atoms with Gasteiger partial charge in [0.1, 0.15) is 5.82 Å². The van der Waals surface area contributed by atoms with E-state index in [0.29, 0.717) is 27.9 Å². The Kier molecular flexibility index (Phi) is 6.75. The molecule has 0 bridgehead atoms. The molecule has 35 heavy (non-hydrogen) atoms. The number of carbonyl (C=O) groups excluding carboxylic acids is 1. The Balaban J connectivity index is 1.30. The number of nitrogens with one attached hydrogen (secondary N) is 1. The van der Waals surface area contributed by atoms with E-state index >= 15 is 0 Å². The van der Waals surface area contributed by atoms with Crippen LogP contribution in [0, 0.1) is 19.7 Å². The fraction of sp³-hybridized carbons (Fsp3) is 0.308. The van der Waals surface area contributed by atoms with Gasteiger partial charge >= 0.3 is 0 Å². The van der Waals surface area contributed by atoms with Gasteiger partial charge < -0.3 is 5.32 Å². The van der Waals surface area contributed by atoms with Crippen LogP contribution in [0.3, 0.4) is 0 Å². The van der Waals surface area contributed by atoms with Crippen molar-refractivity contribution < 1.29 is 9.18 Å². The van der Waals surface area contributed by atoms with Gasteiger partial charge in [-0.3, -0.25) is 4.79 Å². The van der Waals surface area contributed by atoms with Gasteiger partial charge in [0.2, 0.25) is 11.1 Å². The van der Waals surface area contributed by atoms with Crippen molar-refractivity contribution in [2.45, 2.75) is 50.7 Å². The van der Waals surface area contributed by atoms with Gasteiger partial charge in [0.25, 0.3) is 5.78 Å². The van der Waals surface area contributed by atoms with Crippen molar-refractivity contribution in [3.8, 4) is 0 Å². The number of nitrogens with zero attached hydrogens (tertiary/aromatic N) is 4. The maximum atomic E-state index is 14.4. The number of thioether (sulfide) groups is 1. The number of benzene rings is 2. The molecule has 1 atom stereocenters. The molecule has 1 N–H and O–H groups in total. The lowest BCUT2D eigenvalue weighted by molar-refractivity contribution is -0.119. The minimum absolute atomic E-state index is 0.0430. The minimum Gasteiger partial charge on any atom is -0.349 e. The molecule has 1 unspecified atom stereocenters. The fourth-order valence-corrected chi connectivity index (χ4v) is 5.51. The number of rotatable bonds is 6. The summed E-state index contributed by atoms with van der Waals surface area (Å²) in [5.41, 5.74) is 5.35. The largest absolute Gasteiger partial charge is 0.349 e. The van der Waals surface area contributed by atoms with Crippen LogP contribution >= 0.6 is 23.4 Å². The van der Waals surface area contributed by atoms with Gasteiger partial charge in [-0.05, 0) is 61.9 Å². The van der Waals surface area contributed by atoms with Crippen molar-refractivity contribution in [2.24, 2.45) is 0 Å². The number of carbonyl (C=O) groups is 1. The maximum absolute atomic E-state index is 14.4. The SMILES string of the molecule is Cc1nc2nc(SCC(=O)NC3CCCc4ccccc43)nn2c(C)c1Cc1c(F)cccc1Cl. The van der Waals surface area contributed by atoms with Crippen LogP contribution in [0.1, 0.15) is 52.5 Å². The predicted octanol–water partition coefficient (Wildman–Crippen LogP) is 5.41. The summed E-state index contributed by atoms with van der Waals surface area (Å²) in [6.45, 7) is 3.77. The molecule has 0 spiro atoms. The molecule has 0 saturated heterocycles. The summed E-state index contributed by atoms with van der Waals surface area (Å²) in [5, 5.41) is 8.57. The van der Waals surface area contributed by atoms with E-state index in [-0.39, 0.29) is 23.5 Å². The zero-order valence-corrected chi connectivity index (χ0v) is 21.1.